The standard InChI is InChI=1S/C16H24N2O2/c1-3-18(2)15-11-7-6-10-14(15)17-16(19)12-20-13-8-4-5-9-13/h6-7,10-11,13H,3-5,8-9,12H2,1-2H3,(H,17,19). The summed E-state index contributed by atoms with van der Waals surface area (Å²) < 4.78 is 5.64. The summed E-state index contributed by atoms with van der Waals surface area (Å²) in [5, 5.41) is 2.94. The van der Waals surface area contributed by atoms with Crippen molar-refractivity contribution in [2.24, 2.45) is 0 Å². The van der Waals surface area contributed by atoms with Crippen molar-refractivity contribution in [1.29, 1.82) is 0 Å². The zero-order chi connectivity index (χ0) is 14.4. The van der Waals surface area contributed by atoms with Gasteiger partial charge in [0.15, 0.2) is 0 Å². The molecule has 0 unspecified atom stereocenters. The summed E-state index contributed by atoms with van der Waals surface area (Å²) >= 11 is 0. The largest absolute Gasteiger partial charge is 0.373 e. The lowest BCUT2D eigenvalue weighted by Crippen LogP contribution is -2.24. The van der Waals surface area contributed by atoms with Crippen LogP contribution in [0.4, 0.5) is 11.4 Å². The van der Waals surface area contributed by atoms with Gasteiger partial charge in [0, 0.05) is 13.6 Å². The molecule has 20 heavy (non-hydrogen) atoms. The molecule has 0 radical (unpaired) electrons. The first-order chi connectivity index (χ1) is 9.70. The summed E-state index contributed by atoms with van der Waals surface area (Å²) in [6, 6.07) is 7.85. The van der Waals surface area contributed by atoms with E-state index in [-0.39, 0.29) is 18.6 Å². The normalized spacial score (nSPS) is 15.3. The molecule has 4 heteroatoms. The van der Waals surface area contributed by atoms with Crippen LogP contribution in [0.3, 0.4) is 0 Å². The van der Waals surface area contributed by atoms with Crippen LogP contribution in [0.1, 0.15) is 32.6 Å². The van der Waals surface area contributed by atoms with Crippen molar-refractivity contribution >= 4 is 17.3 Å². The minimum atomic E-state index is -0.0751. The first-order valence-electron chi connectivity index (χ1n) is 7.42. The van der Waals surface area contributed by atoms with Crippen LogP contribution in [-0.4, -0.2) is 32.2 Å². The Kier molecular flexibility index (Phi) is 5.41. The van der Waals surface area contributed by atoms with Gasteiger partial charge in [-0.05, 0) is 31.9 Å². The van der Waals surface area contributed by atoms with Crippen LogP contribution in [0.2, 0.25) is 0 Å². The molecule has 0 aromatic heterocycles. The second-order valence-corrected chi connectivity index (χ2v) is 5.30. The van der Waals surface area contributed by atoms with E-state index in [0.29, 0.717) is 0 Å². The summed E-state index contributed by atoms with van der Waals surface area (Å²) in [5.74, 6) is -0.0751. The molecule has 1 amide bonds. The van der Waals surface area contributed by atoms with Crippen LogP contribution in [0, 0.1) is 0 Å². The molecule has 0 spiro atoms. The fraction of sp³-hybridized carbons (Fsp3) is 0.562. The van der Waals surface area contributed by atoms with Gasteiger partial charge in [0.2, 0.25) is 5.91 Å². The predicted octanol–water partition coefficient (Wildman–Crippen LogP) is 3.04. The van der Waals surface area contributed by atoms with E-state index in [1.54, 1.807) is 0 Å². The number of rotatable bonds is 6. The number of amides is 1. The third-order valence-electron chi connectivity index (χ3n) is 3.82. The SMILES string of the molecule is CCN(C)c1ccccc1NC(=O)COC1CCCC1. The summed E-state index contributed by atoms with van der Waals surface area (Å²) in [4.78, 5) is 14.1. The quantitative estimate of drug-likeness (QED) is 0.868. The van der Waals surface area contributed by atoms with Crippen LogP contribution in [0.25, 0.3) is 0 Å². The van der Waals surface area contributed by atoms with Crippen molar-refractivity contribution in [1.82, 2.24) is 0 Å². The molecule has 4 nitrogen and oxygen atoms in total. The van der Waals surface area contributed by atoms with Crippen molar-refractivity contribution in [3.8, 4) is 0 Å². The highest BCUT2D eigenvalue weighted by molar-refractivity contribution is 5.95. The molecular formula is C16H24N2O2. The average molecular weight is 276 g/mol. The molecule has 0 saturated heterocycles. The Bertz CT molecular complexity index is 442. The van der Waals surface area contributed by atoms with Crippen molar-refractivity contribution < 1.29 is 9.53 Å². The molecule has 110 valence electrons. The van der Waals surface area contributed by atoms with Crippen LogP contribution in [0.5, 0.6) is 0 Å². The molecule has 0 aliphatic heterocycles. The van der Waals surface area contributed by atoms with Gasteiger partial charge >= 0.3 is 0 Å². The minimum Gasteiger partial charge on any atom is -0.373 e. The van der Waals surface area contributed by atoms with Gasteiger partial charge in [-0.2, -0.15) is 0 Å². The Labute approximate surface area is 121 Å². The fourth-order valence-electron chi connectivity index (χ4n) is 2.52. The smallest absolute Gasteiger partial charge is 0.250 e. The van der Waals surface area contributed by atoms with E-state index in [4.69, 9.17) is 4.74 Å². The number of para-hydroxylation sites is 2. The van der Waals surface area contributed by atoms with Crippen LogP contribution < -0.4 is 10.2 Å². The minimum absolute atomic E-state index is 0.0751. The fourth-order valence-corrected chi connectivity index (χ4v) is 2.52. The number of hydrogen-bond donors (Lipinski definition) is 1. The lowest BCUT2D eigenvalue weighted by Gasteiger charge is -2.21. The maximum absolute atomic E-state index is 12.0. The number of hydrogen-bond acceptors (Lipinski definition) is 3. The van der Waals surface area contributed by atoms with E-state index in [2.05, 4.69) is 17.1 Å². The molecule has 0 heterocycles. The number of carbonyl (C=O) groups is 1. The van der Waals surface area contributed by atoms with Gasteiger partial charge in [0.1, 0.15) is 6.61 Å². The number of benzene rings is 1. The van der Waals surface area contributed by atoms with E-state index in [1.165, 1.54) is 12.8 Å². The molecule has 1 saturated carbocycles. The molecule has 1 aliphatic rings. The second-order valence-electron chi connectivity index (χ2n) is 5.30. The van der Waals surface area contributed by atoms with E-state index < -0.39 is 0 Å². The Morgan fingerprint density at radius 1 is 1.35 bits per heavy atom. The van der Waals surface area contributed by atoms with E-state index in [0.717, 1.165) is 30.8 Å². The summed E-state index contributed by atoms with van der Waals surface area (Å²) in [5.41, 5.74) is 1.88. The third kappa shape index (κ3) is 3.97. The average Bonchev–Trinajstić information content (AvgIpc) is 2.98. The lowest BCUT2D eigenvalue weighted by atomic mass is 10.2. The highest BCUT2D eigenvalue weighted by atomic mass is 16.5. The number of carbonyl (C=O) groups excluding carboxylic acids is 1. The molecule has 1 aliphatic carbocycles. The molecular weight excluding hydrogens is 252 g/mol. The third-order valence-corrected chi connectivity index (χ3v) is 3.82. The summed E-state index contributed by atoms with van der Waals surface area (Å²) in [7, 11) is 2.01. The number of nitrogens with one attached hydrogen (secondary N) is 1. The van der Waals surface area contributed by atoms with Crippen LogP contribution in [-0.2, 0) is 9.53 Å². The number of anilines is 2. The molecule has 1 aromatic rings. The van der Waals surface area contributed by atoms with Crippen LogP contribution in [0.15, 0.2) is 24.3 Å². The first kappa shape index (κ1) is 14.9. The molecule has 1 aromatic carbocycles. The maximum atomic E-state index is 12.0. The second kappa shape index (κ2) is 7.29. The van der Waals surface area contributed by atoms with E-state index >= 15 is 0 Å². The van der Waals surface area contributed by atoms with Crippen LogP contribution >= 0.6 is 0 Å². The molecule has 2 rings (SSSR count). The van der Waals surface area contributed by atoms with Gasteiger partial charge in [-0.3, -0.25) is 4.79 Å². The Hall–Kier alpha value is -1.55. The highest BCUT2D eigenvalue weighted by Gasteiger charge is 2.17. The summed E-state index contributed by atoms with van der Waals surface area (Å²) in [6.07, 6.45) is 4.88. The van der Waals surface area contributed by atoms with Crippen molar-refractivity contribution in [2.75, 3.05) is 30.4 Å². The zero-order valence-electron chi connectivity index (χ0n) is 12.4. The zero-order valence-corrected chi connectivity index (χ0v) is 12.4. The molecule has 1 fully saturated rings. The first-order valence-corrected chi connectivity index (χ1v) is 7.42. The summed E-state index contributed by atoms with van der Waals surface area (Å²) in [6.45, 7) is 3.13. The van der Waals surface area contributed by atoms with Gasteiger partial charge in [0.05, 0.1) is 17.5 Å². The van der Waals surface area contributed by atoms with Gasteiger partial charge in [0.25, 0.3) is 0 Å². The maximum Gasteiger partial charge on any atom is 0.250 e. The topological polar surface area (TPSA) is 41.6 Å². The monoisotopic (exact) mass is 276 g/mol. The lowest BCUT2D eigenvalue weighted by molar-refractivity contribution is -0.122. The molecule has 0 atom stereocenters. The van der Waals surface area contributed by atoms with Crippen molar-refractivity contribution in [3.05, 3.63) is 24.3 Å². The van der Waals surface area contributed by atoms with Gasteiger partial charge in [-0.25, -0.2) is 0 Å². The molecule has 1 N–H and O–H groups in total. The Balaban J connectivity index is 1.90. The van der Waals surface area contributed by atoms with E-state index in [9.17, 15) is 4.79 Å². The van der Waals surface area contributed by atoms with E-state index in [1.807, 2.05) is 31.3 Å². The van der Waals surface area contributed by atoms with Crippen molar-refractivity contribution in [3.63, 3.8) is 0 Å². The van der Waals surface area contributed by atoms with Gasteiger partial charge in [-0.15, -0.1) is 0 Å². The highest BCUT2D eigenvalue weighted by Crippen LogP contribution is 2.24. The molecule has 0 bridgehead atoms. The Morgan fingerprint density at radius 2 is 2.05 bits per heavy atom. The Morgan fingerprint density at radius 3 is 2.75 bits per heavy atom. The predicted molar refractivity (Wildman–Crippen MR) is 82.2 cm³/mol. The van der Waals surface area contributed by atoms with Gasteiger partial charge in [-0.1, -0.05) is 25.0 Å². The number of ether oxygens (including phenoxy) is 1. The van der Waals surface area contributed by atoms with Gasteiger partial charge < -0.3 is 15.0 Å². The van der Waals surface area contributed by atoms with Crippen molar-refractivity contribution in [2.45, 2.75) is 38.7 Å². The number of nitrogens with zero attached hydrogens (tertiary/aromatic N) is 1.